The van der Waals surface area contributed by atoms with Crippen molar-refractivity contribution >= 4 is 15.9 Å². The molecule has 0 bridgehead atoms. The number of alkyl halides is 3. The molecule has 0 saturated heterocycles. The fraction of sp³-hybridized carbons (Fsp3) is 0.250. The summed E-state index contributed by atoms with van der Waals surface area (Å²) in [4.78, 5) is 0. The summed E-state index contributed by atoms with van der Waals surface area (Å²) in [5.74, 6) is 0. The molecule has 60 valence electrons. The van der Waals surface area contributed by atoms with Gasteiger partial charge in [0.1, 0.15) is 0 Å². The topological polar surface area (TPSA) is 0 Å². The first-order valence-electron chi connectivity index (χ1n) is 3.17. The van der Waals surface area contributed by atoms with Crippen molar-refractivity contribution in [1.82, 2.24) is 0 Å². The second kappa shape index (κ2) is 3.81. The van der Waals surface area contributed by atoms with Crippen LogP contribution in [0.2, 0.25) is 0 Å². The van der Waals surface area contributed by atoms with Crippen molar-refractivity contribution in [3.05, 3.63) is 35.4 Å². The first-order chi connectivity index (χ1) is 5.25. The molecule has 3 heteroatoms. The maximum absolute atomic E-state index is 12.2. The summed E-state index contributed by atoms with van der Waals surface area (Å²) in [5.41, 5.74) is 0.770. The van der Waals surface area contributed by atoms with Gasteiger partial charge in [-0.15, -0.1) is 0 Å². The van der Waals surface area contributed by atoms with E-state index in [9.17, 15) is 8.78 Å². The number of hydrogen-bond donors (Lipinski definition) is 0. The highest BCUT2D eigenvalue weighted by Gasteiger charge is 2.09. The lowest BCUT2D eigenvalue weighted by molar-refractivity contribution is 0.150. The molecule has 0 N–H and O–H groups in total. The van der Waals surface area contributed by atoms with Crippen molar-refractivity contribution in [2.45, 2.75) is 11.8 Å². The highest BCUT2D eigenvalue weighted by Crippen LogP contribution is 2.23. The highest BCUT2D eigenvalue weighted by molar-refractivity contribution is 9.08. The summed E-state index contributed by atoms with van der Waals surface area (Å²) in [5, 5.41) is 0.480. The number of rotatable bonds is 2. The minimum Gasteiger partial charge on any atom is -0.205 e. The first-order valence-corrected chi connectivity index (χ1v) is 4.29. The third-order valence-electron chi connectivity index (χ3n) is 1.43. The number of hydrogen-bond acceptors (Lipinski definition) is 0. The molecule has 0 radical (unpaired) electrons. The van der Waals surface area contributed by atoms with Crippen molar-refractivity contribution in [1.29, 1.82) is 0 Å². The van der Waals surface area contributed by atoms with Gasteiger partial charge in [0, 0.05) is 10.9 Å². The van der Waals surface area contributed by atoms with Gasteiger partial charge in [-0.2, -0.15) is 0 Å². The standard InChI is InChI=1S/C8H7BrF2/c9-5-6-3-1-2-4-7(6)8(10)11/h1-4,8H,5H2. The molecule has 1 aromatic rings. The van der Waals surface area contributed by atoms with Crippen LogP contribution in [0.1, 0.15) is 17.6 Å². The van der Waals surface area contributed by atoms with Gasteiger partial charge in [0.05, 0.1) is 0 Å². The van der Waals surface area contributed by atoms with Crippen molar-refractivity contribution in [2.75, 3.05) is 0 Å². The van der Waals surface area contributed by atoms with Crippen LogP contribution < -0.4 is 0 Å². The van der Waals surface area contributed by atoms with E-state index in [0.29, 0.717) is 10.9 Å². The molecule has 11 heavy (non-hydrogen) atoms. The largest absolute Gasteiger partial charge is 0.264 e. The van der Waals surface area contributed by atoms with E-state index in [1.807, 2.05) is 0 Å². The summed E-state index contributed by atoms with van der Waals surface area (Å²) in [6.45, 7) is 0. The number of halogens is 3. The Balaban J connectivity index is 3.02. The van der Waals surface area contributed by atoms with Crippen LogP contribution in [0, 0.1) is 0 Å². The second-order valence-electron chi connectivity index (χ2n) is 2.13. The molecule has 0 aliphatic carbocycles. The Morgan fingerprint density at radius 3 is 2.36 bits per heavy atom. The molecular weight excluding hydrogens is 214 g/mol. The summed E-state index contributed by atoms with van der Waals surface area (Å²) in [6, 6.07) is 6.51. The molecule has 0 amide bonds. The Bertz CT molecular complexity index is 235. The Kier molecular flexibility index (Phi) is 3.00. The van der Waals surface area contributed by atoms with E-state index < -0.39 is 6.43 Å². The minimum absolute atomic E-state index is 0.115. The quantitative estimate of drug-likeness (QED) is 0.670. The molecular formula is C8H7BrF2. The molecule has 0 nitrogen and oxygen atoms in total. The zero-order valence-electron chi connectivity index (χ0n) is 5.73. The molecule has 0 unspecified atom stereocenters. The third kappa shape index (κ3) is 1.99. The zero-order valence-corrected chi connectivity index (χ0v) is 7.31. The van der Waals surface area contributed by atoms with Gasteiger partial charge >= 0.3 is 0 Å². The fourth-order valence-electron chi connectivity index (χ4n) is 0.869. The van der Waals surface area contributed by atoms with Crippen molar-refractivity contribution < 1.29 is 8.78 Å². The van der Waals surface area contributed by atoms with Gasteiger partial charge < -0.3 is 0 Å². The lowest BCUT2D eigenvalue weighted by Crippen LogP contribution is -1.90. The third-order valence-corrected chi connectivity index (χ3v) is 2.04. The van der Waals surface area contributed by atoms with Crippen molar-refractivity contribution in [2.24, 2.45) is 0 Å². The first kappa shape index (κ1) is 8.65. The normalized spacial score (nSPS) is 10.5. The minimum atomic E-state index is -2.37. The molecule has 1 aromatic carbocycles. The molecule has 0 heterocycles. The Morgan fingerprint density at radius 1 is 1.27 bits per heavy atom. The molecule has 0 aliphatic rings. The summed E-state index contributed by atoms with van der Waals surface area (Å²) >= 11 is 3.14. The molecule has 0 aliphatic heterocycles. The molecule has 0 fully saturated rings. The van der Waals surface area contributed by atoms with Crippen LogP contribution in [-0.4, -0.2) is 0 Å². The number of benzene rings is 1. The fourth-order valence-corrected chi connectivity index (χ4v) is 1.38. The van der Waals surface area contributed by atoms with E-state index in [-0.39, 0.29) is 5.56 Å². The second-order valence-corrected chi connectivity index (χ2v) is 2.69. The van der Waals surface area contributed by atoms with Gasteiger partial charge in [0.2, 0.25) is 0 Å². The Morgan fingerprint density at radius 2 is 1.91 bits per heavy atom. The van der Waals surface area contributed by atoms with Crippen LogP contribution in [-0.2, 0) is 5.33 Å². The monoisotopic (exact) mass is 220 g/mol. The molecule has 0 spiro atoms. The summed E-state index contributed by atoms with van der Waals surface area (Å²) < 4.78 is 24.4. The van der Waals surface area contributed by atoms with E-state index in [2.05, 4.69) is 15.9 Å². The predicted molar refractivity (Wildman–Crippen MR) is 44.0 cm³/mol. The van der Waals surface area contributed by atoms with Crippen LogP contribution in [0.3, 0.4) is 0 Å². The van der Waals surface area contributed by atoms with E-state index in [1.165, 1.54) is 6.07 Å². The molecule has 1 rings (SSSR count). The van der Waals surface area contributed by atoms with Gasteiger partial charge in [-0.25, -0.2) is 8.78 Å². The van der Waals surface area contributed by atoms with Gasteiger partial charge in [0.25, 0.3) is 6.43 Å². The van der Waals surface area contributed by atoms with E-state index in [1.54, 1.807) is 18.2 Å². The van der Waals surface area contributed by atoms with Gasteiger partial charge in [-0.1, -0.05) is 40.2 Å². The Hall–Kier alpha value is -0.440. The maximum atomic E-state index is 12.2. The lowest BCUT2D eigenvalue weighted by atomic mass is 10.1. The highest BCUT2D eigenvalue weighted by atomic mass is 79.9. The van der Waals surface area contributed by atoms with Gasteiger partial charge in [-0.05, 0) is 5.56 Å². The average molecular weight is 221 g/mol. The maximum Gasteiger partial charge on any atom is 0.264 e. The van der Waals surface area contributed by atoms with Crippen LogP contribution in [0.4, 0.5) is 8.78 Å². The summed E-state index contributed by atoms with van der Waals surface area (Å²) in [7, 11) is 0. The predicted octanol–water partition coefficient (Wildman–Crippen LogP) is 3.52. The molecule has 0 atom stereocenters. The molecule has 0 saturated carbocycles. The van der Waals surface area contributed by atoms with Crippen molar-refractivity contribution in [3.8, 4) is 0 Å². The van der Waals surface area contributed by atoms with Crippen LogP contribution in [0.25, 0.3) is 0 Å². The Labute approximate surface area is 72.4 Å². The smallest absolute Gasteiger partial charge is 0.205 e. The van der Waals surface area contributed by atoms with E-state index >= 15 is 0 Å². The SMILES string of the molecule is FC(F)c1ccccc1CBr. The van der Waals surface area contributed by atoms with Crippen LogP contribution in [0.5, 0.6) is 0 Å². The van der Waals surface area contributed by atoms with E-state index in [0.717, 1.165) is 0 Å². The van der Waals surface area contributed by atoms with Crippen LogP contribution in [0.15, 0.2) is 24.3 Å². The molecule has 0 aromatic heterocycles. The lowest BCUT2D eigenvalue weighted by Gasteiger charge is -2.03. The van der Waals surface area contributed by atoms with E-state index in [4.69, 9.17) is 0 Å². The van der Waals surface area contributed by atoms with Gasteiger partial charge in [-0.3, -0.25) is 0 Å². The van der Waals surface area contributed by atoms with Gasteiger partial charge in [0.15, 0.2) is 0 Å². The zero-order chi connectivity index (χ0) is 8.27. The average Bonchev–Trinajstić information content (AvgIpc) is 2.04. The van der Waals surface area contributed by atoms with Crippen molar-refractivity contribution in [3.63, 3.8) is 0 Å². The van der Waals surface area contributed by atoms with Crippen LogP contribution >= 0.6 is 15.9 Å². The summed E-state index contributed by atoms with van der Waals surface area (Å²) in [6.07, 6.45) is -2.37.